The maximum absolute atomic E-state index is 2.36. The van der Waals surface area contributed by atoms with E-state index in [1.54, 1.807) is 0 Å². The molecule has 0 spiro atoms. The topological polar surface area (TPSA) is 3.24 Å². The van der Waals surface area contributed by atoms with Crippen molar-refractivity contribution in [1.29, 1.82) is 0 Å². The van der Waals surface area contributed by atoms with Crippen molar-refractivity contribution in [1.82, 2.24) is 0 Å². The largest absolute Gasteiger partial charge is 0.310 e. The first-order valence-corrected chi connectivity index (χ1v) is 17.5. The summed E-state index contributed by atoms with van der Waals surface area (Å²) >= 11 is 0. The molecule has 0 N–H and O–H groups in total. The molecule has 1 nitrogen and oxygen atoms in total. The Labute approximate surface area is 299 Å². The minimum absolute atomic E-state index is 1.11. The average Bonchev–Trinajstić information content (AvgIpc) is 3.22. The lowest BCUT2D eigenvalue weighted by atomic mass is 9.91. The Morgan fingerprint density at radius 2 is 0.686 bits per heavy atom. The van der Waals surface area contributed by atoms with Crippen LogP contribution in [-0.4, -0.2) is 0 Å². The summed E-state index contributed by atoms with van der Waals surface area (Å²) in [7, 11) is 0. The van der Waals surface area contributed by atoms with Crippen LogP contribution in [-0.2, 0) is 0 Å². The van der Waals surface area contributed by atoms with Crippen molar-refractivity contribution in [3.8, 4) is 44.5 Å². The van der Waals surface area contributed by atoms with Crippen LogP contribution in [0.2, 0.25) is 0 Å². The van der Waals surface area contributed by atoms with Gasteiger partial charge in [0.25, 0.3) is 0 Å². The second kappa shape index (κ2) is 13.3. The number of hydrogen-bond donors (Lipinski definition) is 0. The Morgan fingerprint density at radius 3 is 1.25 bits per heavy atom. The number of nitrogens with zero attached hydrogens (tertiary/aromatic N) is 1. The summed E-state index contributed by atoms with van der Waals surface area (Å²) in [5.41, 5.74) is 13.0. The Kier molecular flexibility index (Phi) is 7.92. The third-order valence-electron chi connectivity index (χ3n) is 9.85. The average molecular weight is 650 g/mol. The van der Waals surface area contributed by atoms with Crippen LogP contribution in [0.1, 0.15) is 0 Å². The molecule has 0 saturated heterocycles. The number of rotatable bonds is 7. The van der Waals surface area contributed by atoms with Gasteiger partial charge in [0.2, 0.25) is 0 Å². The van der Waals surface area contributed by atoms with Gasteiger partial charge in [0.15, 0.2) is 0 Å². The molecule has 0 unspecified atom stereocenters. The molecule has 51 heavy (non-hydrogen) atoms. The van der Waals surface area contributed by atoms with Gasteiger partial charge in [-0.2, -0.15) is 0 Å². The van der Waals surface area contributed by atoms with Crippen LogP contribution in [0, 0.1) is 0 Å². The lowest BCUT2D eigenvalue weighted by molar-refractivity contribution is 1.28. The summed E-state index contributed by atoms with van der Waals surface area (Å²) in [5, 5.41) is 5.01. The van der Waals surface area contributed by atoms with Crippen LogP contribution in [0.25, 0.3) is 66.1 Å². The van der Waals surface area contributed by atoms with Gasteiger partial charge in [0.1, 0.15) is 0 Å². The number of fused-ring (bicyclic) bond motifs is 3. The van der Waals surface area contributed by atoms with Crippen molar-refractivity contribution in [3.63, 3.8) is 0 Å². The molecular weight excluding hydrogens is 615 g/mol. The Morgan fingerprint density at radius 1 is 0.235 bits per heavy atom. The predicted molar refractivity (Wildman–Crippen MR) is 218 cm³/mol. The fourth-order valence-corrected chi connectivity index (χ4v) is 7.28. The summed E-state index contributed by atoms with van der Waals surface area (Å²) < 4.78 is 0. The van der Waals surface area contributed by atoms with Crippen LogP contribution in [0.4, 0.5) is 17.1 Å². The second-order valence-electron chi connectivity index (χ2n) is 13.0. The summed E-state index contributed by atoms with van der Waals surface area (Å²) in [5.74, 6) is 0. The van der Waals surface area contributed by atoms with E-state index in [4.69, 9.17) is 0 Å². The monoisotopic (exact) mass is 649 g/mol. The van der Waals surface area contributed by atoms with E-state index < -0.39 is 0 Å². The van der Waals surface area contributed by atoms with E-state index in [1.807, 2.05) is 0 Å². The molecular formula is C50H35N. The molecule has 0 radical (unpaired) electrons. The van der Waals surface area contributed by atoms with Gasteiger partial charge in [-0.05, 0) is 115 Å². The Hall–Kier alpha value is -6.70. The molecule has 9 rings (SSSR count). The molecule has 0 aliphatic heterocycles. The van der Waals surface area contributed by atoms with Gasteiger partial charge in [-0.1, -0.05) is 164 Å². The molecule has 0 saturated carbocycles. The highest BCUT2D eigenvalue weighted by Gasteiger charge is 2.16. The lowest BCUT2D eigenvalue weighted by Gasteiger charge is -2.26. The van der Waals surface area contributed by atoms with Crippen molar-refractivity contribution in [2.45, 2.75) is 0 Å². The maximum Gasteiger partial charge on any atom is 0.0467 e. The van der Waals surface area contributed by atoms with Crippen LogP contribution in [0.3, 0.4) is 0 Å². The van der Waals surface area contributed by atoms with E-state index in [2.05, 4.69) is 217 Å². The zero-order valence-electron chi connectivity index (χ0n) is 28.2. The molecule has 0 atom stereocenters. The molecule has 9 aromatic rings. The van der Waals surface area contributed by atoms with Crippen molar-refractivity contribution in [2.24, 2.45) is 0 Å². The van der Waals surface area contributed by atoms with Crippen LogP contribution in [0.5, 0.6) is 0 Å². The van der Waals surface area contributed by atoms with Gasteiger partial charge in [-0.15, -0.1) is 0 Å². The maximum atomic E-state index is 2.36. The summed E-state index contributed by atoms with van der Waals surface area (Å²) in [6, 6.07) is 76.6. The summed E-state index contributed by atoms with van der Waals surface area (Å²) in [4.78, 5) is 2.36. The van der Waals surface area contributed by atoms with Gasteiger partial charge in [-0.25, -0.2) is 0 Å². The van der Waals surface area contributed by atoms with Crippen molar-refractivity contribution in [2.75, 3.05) is 4.90 Å². The SMILES string of the molecule is c1ccc(-c2ccc(N(c3ccc(-c4ccccc4)cc3)c3cccc(-c4cc5ccc(-c6ccccc6)cc5c5ccccc45)c3)cc2)cc1. The van der Waals surface area contributed by atoms with E-state index in [0.717, 1.165) is 17.1 Å². The number of hydrogen-bond acceptors (Lipinski definition) is 1. The van der Waals surface area contributed by atoms with E-state index in [9.17, 15) is 0 Å². The molecule has 9 aromatic carbocycles. The first-order valence-electron chi connectivity index (χ1n) is 17.5. The highest BCUT2D eigenvalue weighted by Crippen LogP contribution is 2.41. The third kappa shape index (κ3) is 5.96. The van der Waals surface area contributed by atoms with Gasteiger partial charge >= 0.3 is 0 Å². The van der Waals surface area contributed by atoms with E-state index in [-0.39, 0.29) is 0 Å². The predicted octanol–water partition coefficient (Wildman–Crippen LogP) is 14.1. The van der Waals surface area contributed by atoms with Gasteiger partial charge < -0.3 is 4.90 Å². The van der Waals surface area contributed by atoms with Gasteiger partial charge in [0.05, 0.1) is 0 Å². The normalized spacial score (nSPS) is 11.1. The van der Waals surface area contributed by atoms with E-state index in [0.29, 0.717) is 0 Å². The van der Waals surface area contributed by atoms with Crippen LogP contribution >= 0.6 is 0 Å². The fourth-order valence-electron chi connectivity index (χ4n) is 7.28. The fraction of sp³-hybridized carbons (Fsp3) is 0. The lowest BCUT2D eigenvalue weighted by Crippen LogP contribution is -2.10. The minimum atomic E-state index is 1.11. The zero-order chi connectivity index (χ0) is 34.0. The van der Waals surface area contributed by atoms with E-state index >= 15 is 0 Å². The van der Waals surface area contributed by atoms with Gasteiger partial charge in [-0.3, -0.25) is 0 Å². The first-order chi connectivity index (χ1) is 25.3. The van der Waals surface area contributed by atoms with Crippen LogP contribution in [0.15, 0.2) is 212 Å². The highest BCUT2D eigenvalue weighted by molar-refractivity contribution is 6.14. The first kappa shape index (κ1) is 30.4. The minimum Gasteiger partial charge on any atom is -0.310 e. The zero-order valence-corrected chi connectivity index (χ0v) is 28.2. The van der Waals surface area contributed by atoms with Gasteiger partial charge in [0, 0.05) is 17.1 Å². The smallest absolute Gasteiger partial charge is 0.0467 e. The second-order valence-corrected chi connectivity index (χ2v) is 13.0. The Bertz CT molecular complexity index is 2510. The molecule has 0 fully saturated rings. The van der Waals surface area contributed by atoms with Crippen molar-refractivity contribution >= 4 is 38.6 Å². The molecule has 0 aliphatic rings. The molecule has 1 heteroatoms. The summed E-state index contributed by atoms with van der Waals surface area (Å²) in [6.07, 6.45) is 0. The quantitative estimate of drug-likeness (QED) is 0.155. The third-order valence-corrected chi connectivity index (χ3v) is 9.85. The van der Waals surface area contributed by atoms with Crippen molar-refractivity contribution in [3.05, 3.63) is 212 Å². The highest BCUT2D eigenvalue weighted by atomic mass is 15.1. The standard InChI is InChI=1S/C50H35N/c1-4-13-36(14-5-1)39-25-29-44(30-26-39)51(45-31-27-40(28-32-45)37-15-6-2-7-16-37)46-20-12-19-42(33-46)50-35-43-24-23-41(38-17-8-3-9-18-38)34-49(43)47-21-10-11-22-48(47)50/h1-35H. The molecule has 240 valence electrons. The molecule has 0 bridgehead atoms. The number of anilines is 3. The molecule has 0 amide bonds. The molecule has 0 aliphatic carbocycles. The summed E-state index contributed by atoms with van der Waals surface area (Å²) in [6.45, 7) is 0. The molecule has 0 heterocycles. The number of benzene rings is 9. The Balaban J connectivity index is 1.16. The van der Waals surface area contributed by atoms with Crippen LogP contribution < -0.4 is 4.90 Å². The van der Waals surface area contributed by atoms with E-state index in [1.165, 1.54) is 66.1 Å². The van der Waals surface area contributed by atoms with Crippen molar-refractivity contribution < 1.29 is 0 Å². The molecule has 0 aromatic heterocycles.